The van der Waals surface area contributed by atoms with Gasteiger partial charge in [0.25, 0.3) is 5.91 Å². The van der Waals surface area contributed by atoms with Crippen molar-refractivity contribution < 1.29 is 31.9 Å². The van der Waals surface area contributed by atoms with E-state index >= 15 is 0 Å². The molecule has 1 heterocycles. The highest BCUT2D eigenvalue weighted by atomic mass is 19.2. The number of rotatable bonds is 6. The Morgan fingerprint density at radius 3 is 2.43 bits per heavy atom. The van der Waals surface area contributed by atoms with Gasteiger partial charge in [-0.05, 0) is 49.4 Å². The van der Waals surface area contributed by atoms with E-state index in [2.05, 4.69) is 10.4 Å². The predicted octanol–water partition coefficient (Wildman–Crippen LogP) is 5.52. The molecule has 35 heavy (non-hydrogen) atoms. The van der Waals surface area contributed by atoms with Gasteiger partial charge in [-0.25, -0.2) is 27.0 Å². The Morgan fingerprint density at radius 2 is 1.69 bits per heavy atom. The van der Waals surface area contributed by atoms with Crippen molar-refractivity contribution in [3.05, 3.63) is 101 Å². The van der Waals surface area contributed by atoms with Crippen molar-refractivity contribution in [1.82, 2.24) is 9.78 Å². The number of nitrogens with one attached hydrogen (secondary N) is 1. The van der Waals surface area contributed by atoms with Crippen LogP contribution in [0, 0.1) is 23.3 Å². The highest BCUT2D eigenvalue weighted by Crippen LogP contribution is 2.28. The lowest BCUT2D eigenvalue weighted by atomic mass is 10.1. The number of hydrogen-bond donors (Lipinski definition) is 1. The predicted molar refractivity (Wildman–Crippen MR) is 119 cm³/mol. The number of esters is 1. The molecular weight excluding hydrogens is 466 g/mol. The molecule has 0 saturated heterocycles. The number of ether oxygens (including phenoxy) is 1. The summed E-state index contributed by atoms with van der Waals surface area (Å²) in [5.41, 5.74) is 0.207. The first-order valence-corrected chi connectivity index (χ1v) is 10.4. The lowest BCUT2D eigenvalue weighted by Gasteiger charge is -2.11. The van der Waals surface area contributed by atoms with E-state index in [9.17, 15) is 27.2 Å². The minimum Gasteiger partial charge on any atom is -0.461 e. The summed E-state index contributed by atoms with van der Waals surface area (Å²) in [6.45, 7) is 1.75. The molecule has 0 unspecified atom stereocenters. The number of halogens is 4. The first-order chi connectivity index (χ1) is 16.8. The summed E-state index contributed by atoms with van der Waals surface area (Å²) < 4.78 is 61.5. The van der Waals surface area contributed by atoms with Gasteiger partial charge < -0.3 is 10.1 Å². The van der Waals surface area contributed by atoms with Gasteiger partial charge in [0.05, 0.1) is 17.9 Å². The van der Waals surface area contributed by atoms with E-state index in [1.54, 1.807) is 25.1 Å². The van der Waals surface area contributed by atoms with Crippen LogP contribution in [0.5, 0.6) is 0 Å². The molecule has 0 aliphatic rings. The number of aromatic nitrogens is 2. The quantitative estimate of drug-likeness (QED) is 0.223. The molecule has 6 nitrogen and oxygen atoms in total. The van der Waals surface area contributed by atoms with Crippen molar-refractivity contribution in [2.45, 2.75) is 6.92 Å². The van der Waals surface area contributed by atoms with Crippen LogP contribution in [0.2, 0.25) is 0 Å². The Labute approximate surface area is 196 Å². The number of carbonyl (C=O) groups excluding carboxylic acids is 2. The minimum atomic E-state index is -1.76. The summed E-state index contributed by atoms with van der Waals surface area (Å²) >= 11 is 0. The summed E-state index contributed by atoms with van der Waals surface area (Å²) in [5.74, 6) is -7.09. The number of amides is 1. The fourth-order valence-corrected chi connectivity index (χ4v) is 3.35. The smallest absolute Gasteiger partial charge is 0.358 e. The molecule has 0 radical (unpaired) electrons. The molecule has 0 fully saturated rings. The standard InChI is InChI=1S/C25H17F4N3O3/c1-2-35-25(34)19-13-21(32(31-19)20-9-4-3-8-17(20)26)14-6-5-7-15(12-14)30-24(33)16-10-11-18(27)23(29)22(16)28/h3-13H,2H2,1H3,(H,30,33). The molecular formula is C25H17F4N3O3. The lowest BCUT2D eigenvalue weighted by Crippen LogP contribution is -2.15. The van der Waals surface area contributed by atoms with Gasteiger partial charge in [-0.2, -0.15) is 5.10 Å². The summed E-state index contributed by atoms with van der Waals surface area (Å²) in [6, 6.07) is 14.8. The maximum atomic E-state index is 14.5. The lowest BCUT2D eigenvalue weighted by molar-refractivity contribution is 0.0518. The first-order valence-electron chi connectivity index (χ1n) is 10.4. The van der Waals surface area contributed by atoms with Crippen LogP contribution < -0.4 is 5.32 Å². The van der Waals surface area contributed by atoms with Crippen LogP contribution in [-0.4, -0.2) is 28.3 Å². The Hall–Kier alpha value is -4.47. The minimum absolute atomic E-state index is 0.0661. The molecule has 178 valence electrons. The van der Waals surface area contributed by atoms with Crippen LogP contribution in [0.25, 0.3) is 16.9 Å². The maximum Gasteiger partial charge on any atom is 0.358 e. The van der Waals surface area contributed by atoms with E-state index in [4.69, 9.17) is 4.74 Å². The molecule has 0 spiro atoms. The van der Waals surface area contributed by atoms with Crippen LogP contribution in [0.15, 0.2) is 66.7 Å². The van der Waals surface area contributed by atoms with Gasteiger partial charge >= 0.3 is 5.97 Å². The van der Waals surface area contributed by atoms with Crippen molar-refractivity contribution in [1.29, 1.82) is 0 Å². The number of nitrogens with zero attached hydrogens (tertiary/aromatic N) is 2. The third-order valence-electron chi connectivity index (χ3n) is 4.97. The highest BCUT2D eigenvalue weighted by Gasteiger charge is 2.21. The average molecular weight is 483 g/mol. The van der Waals surface area contributed by atoms with Crippen LogP contribution in [-0.2, 0) is 4.74 Å². The summed E-state index contributed by atoms with van der Waals surface area (Å²) in [6.07, 6.45) is 0. The first kappa shape index (κ1) is 23.7. The second-order valence-electron chi connectivity index (χ2n) is 7.26. The number of hydrogen-bond acceptors (Lipinski definition) is 4. The number of benzene rings is 3. The molecule has 0 bridgehead atoms. The number of anilines is 1. The molecule has 3 aromatic carbocycles. The zero-order valence-corrected chi connectivity index (χ0v) is 18.2. The third-order valence-corrected chi connectivity index (χ3v) is 4.97. The third kappa shape index (κ3) is 4.77. The monoisotopic (exact) mass is 483 g/mol. The zero-order chi connectivity index (χ0) is 25.1. The van der Waals surface area contributed by atoms with Crippen LogP contribution in [0.1, 0.15) is 27.8 Å². The number of carbonyl (C=O) groups is 2. The topological polar surface area (TPSA) is 73.2 Å². The van der Waals surface area contributed by atoms with Crippen molar-refractivity contribution in [2.75, 3.05) is 11.9 Å². The van der Waals surface area contributed by atoms with E-state index in [0.29, 0.717) is 17.3 Å². The van der Waals surface area contributed by atoms with E-state index in [1.807, 2.05) is 0 Å². The number of para-hydroxylation sites is 1. The van der Waals surface area contributed by atoms with Crippen molar-refractivity contribution in [3.63, 3.8) is 0 Å². The van der Waals surface area contributed by atoms with Gasteiger partial charge in [-0.15, -0.1) is 0 Å². The zero-order valence-electron chi connectivity index (χ0n) is 18.2. The van der Waals surface area contributed by atoms with Gasteiger partial charge in [0.15, 0.2) is 23.1 Å². The molecule has 0 aliphatic carbocycles. The molecule has 1 aromatic heterocycles. The highest BCUT2D eigenvalue weighted by molar-refractivity contribution is 6.04. The molecule has 1 amide bonds. The summed E-state index contributed by atoms with van der Waals surface area (Å²) in [7, 11) is 0. The van der Waals surface area contributed by atoms with Crippen LogP contribution >= 0.6 is 0 Å². The second kappa shape index (κ2) is 9.80. The van der Waals surface area contributed by atoms with Gasteiger partial charge in [0.1, 0.15) is 11.5 Å². The molecule has 0 saturated carbocycles. The van der Waals surface area contributed by atoms with Crippen molar-refractivity contribution >= 4 is 17.6 Å². The van der Waals surface area contributed by atoms with Crippen LogP contribution in [0.3, 0.4) is 0 Å². The Balaban J connectivity index is 1.73. The Bertz CT molecular complexity index is 1440. The Kier molecular flexibility index (Phi) is 6.63. The molecule has 0 aliphatic heterocycles. The molecule has 4 rings (SSSR count). The van der Waals surface area contributed by atoms with Crippen molar-refractivity contribution in [2.24, 2.45) is 0 Å². The Morgan fingerprint density at radius 1 is 0.914 bits per heavy atom. The summed E-state index contributed by atoms with van der Waals surface area (Å²) in [5, 5.41) is 6.60. The second-order valence-corrected chi connectivity index (χ2v) is 7.26. The fraction of sp³-hybridized carbons (Fsp3) is 0.0800. The fourth-order valence-electron chi connectivity index (χ4n) is 3.35. The van der Waals surface area contributed by atoms with Gasteiger partial charge in [-0.3, -0.25) is 4.79 Å². The van der Waals surface area contributed by atoms with Gasteiger partial charge in [-0.1, -0.05) is 24.3 Å². The molecule has 1 N–H and O–H groups in total. The molecule has 10 heteroatoms. The van der Waals surface area contributed by atoms with E-state index in [0.717, 1.165) is 6.07 Å². The average Bonchev–Trinajstić information content (AvgIpc) is 3.29. The maximum absolute atomic E-state index is 14.5. The molecule has 4 aromatic rings. The van der Waals surface area contributed by atoms with E-state index in [1.165, 1.54) is 41.1 Å². The normalized spacial score (nSPS) is 10.8. The van der Waals surface area contributed by atoms with E-state index in [-0.39, 0.29) is 23.7 Å². The largest absolute Gasteiger partial charge is 0.461 e. The van der Waals surface area contributed by atoms with E-state index < -0.39 is 40.7 Å². The SMILES string of the molecule is CCOC(=O)c1cc(-c2cccc(NC(=O)c3ccc(F)c(F)c3F)c2)n(-c2ccccc2F)n1. The summed E-state index contributed by atoms with van der Waals surface area (Å²) in [4.78, 5) is 24.7. The molecule has 0 atom stereocenters. The van der Waals surface area contributed by atoms with Crippen molar-refractivity contribution in [3.8, 4) is 16.9 Å². The van der Waals surface area contributed by atoms with Gasteiger partial charge in [0, 0.05) is 11.3 Å². The van der Waals surface area contributed by atoms with Gasteiger partial charge in [0.2, 0.25) is 0 Å². The van der Waals surface area contributed by atoms with Crippen LogP contribution in [0.4, 0.5) is 23.2 Å².